The van der Waals surface area contributed by atoms with Crippen LogP contribution in [0.1, 0.15) is 12.8 Å². The Kier molecular flexibility index (Phi) is 3.72. The maximum atomic E-state index is 13.3. The summed E-state index contributed by atoms with van der Waals surface area (Å²) in [5, 5.41) is 2.57. The molecule has 1 saturated heterocycles. The molecule has 4 N–H and O–H groups in total. The second-order valence-corrected chi connectivity index (χ2v) is 6.06. The van der Waals surface area contributed by atoms with E-state index in [2.05, 4.69) is 10.0 Å². The first-order valence-corrected chi connectivity index (χ1v) is 7.21. The van der Waals surface area contributed by atoms with E-state index >= 15 is 0 Å². The topological polar surface area (TPSA) is 101 Å². The van der Waals surface area contributed by atoms with Crippen LogP contribution < -0.4 is 15.8 Å². The Morgan fingerprint density at radius 3 is 2.74 bits per heavy atom. The number of hydrogen-bond donors (Lipinski definition) is 3. The predicted molar refractivity (Wildman–Crippen MR) is 67.2 cm³/mol. The Labute approximate surface area is 110 Å². The first-order valence-electron chi connectivity index (χ1n) is 5.72. The van der Waals surface area contributed by atoms with Crippen LogP contribution >= 0.6 is 0 Å². The van der Waals surface area contributed by atoms with Crippen molar-refractivity contribution in [3.63, 3.8) is 0 Å². The number of sulfonamides is 1. The molecule has 0 radical (unpaired) electrons. The highest BCUT2D eigenvalue weighted by Gasteiger charge is 2.24. The van der Waals surface area contributed by atoms with E-state index in [-0.39, 0.29) is 35.5 Å². The summed E-state index contributed by atoms with van der Waals surface area (Å²) in [6, 6.07) is 2.93. The minimum atomic E-state index is -3.81. The quantitative estimate of drug-likeness (QED) is 0.679. The number of amides is 1. The fraction of sp³-hybridized carbons (Fsp3) is 0.364. The lowest BCUT2D eigenvalue weighted by atomic mass is 10.1. The maximum Gasteiger partial charge on any atom is 0.240 e. The molecular formula is C11H14FN3O3S. The molecule has 104 valence electrons. The SMILES string of the molecule is Nc1ccc(S(=O)(=O)NC2CCC(=O)NC2)cc1F. The second kappa shape index (κ2) is 5.14. The lowest BCUT2D eigenvalue weighted by Gasteiger charge is -2.23. The molecule has 1 aliphatic rings. The Balaban J connectivity index is 2.13. The number of nitrogen functional groups attached to an aromatic ring is 1. The zero-order chi connectivity index (χ0) is 14.0. The van der Waals surface area contributed by atoms with Gasteiger partial charge < -0.3 is 11.1 Å². The van der Waals surface area contributed by atoms with Gasteiger partial charge in [0.1, 0.15) is 5.82 Å². The lowest BCUT2D eigenvalue weighted by Crippen LogP contribution is -2.47. The number of anilines is 1. The van der Waals surface area contributed by atoms with Crippen LogP contribution in [-0.4, -0.2) is 26.9 Å². The van der Waals surface area contributed by atoms with Gasteiger partial charge in [0.25, 0.3) is 0 Å². The molecule has 1 atom stereocenters. The molecule has 0 saturated carbocycles. The van der Waals surface area contributed by atoms with Gasteiger partial charge >= 0.3 is 0 Å². The van der Waals surface area contributed by atoms with Crippen LogP contribution in [-0.2, 0) is 14.8 Å². The highest BCUT2D eigenvalue weighted by Crippen LogP contribution is 2.17. The van der Waals surface area contributed by atoms with Gasteiger partial charge in [-0.2, -0.15) is 0 Å². The van der Waals surface area contributed by atoms with E-state index in [9.17, 15) is 17.6 Å². The van der Waals surface area contributed by atoms with Crippen molar-refractivity contribution in [1.82, 2.24) is 10.0 Å². The summed E-state index contributed by atoms with van der Waals surface area (Å²) in [6.45, 7) is 0.232. The van der Waals surface area contributed by atoms with E-state index in [4.69, 9.17) is 5.73 Å². The minimum absolute atomic E-state index is 0.103. The molecule has 0 aromatic heterocycles. The van der Waals surface area contributed by atoms with E-state index in [1.807, 2.05) is 0 Å². The summed E-state index contributed by atoms with van der Waals surface area (Å²) in [5.41, 5.74) is 5.19. The van der Waals surface area contributed by atoms with Crippen LogP contribution in [0.4, 0.5) is 10.1 Å². The maximum absolute atomic E-state index is 13.3. The number of rotatable bonds is 3. The Hall–Kier alpha value is -1.67. The number of carbonyl (C=O) groups is 1. The summed E-state index contributed by atoms with van der Waals surface area (Å²) < 4.78 is 39.7. The monoisotopic (exact) mass is 287 g/mol. The van der Waals surface area contributed by atoms with Crippen molar-refractivity contribution in [2.24, 2.45) is 0 Å². The molecule has 1 aromatic carbocycles. The molecule has 1 aliphatic heterocycles. The molecule has 0 spiro atoms. The summed E-state index contributed by atoms with van der Waals surface area (Å²) in [5.74, 6) is -0.881. The third-order valence-electron chi connectivity index (χ3n) is 2.87. The average Bonchev–Trinajstić information content (AvgIpc) is 2.35. The van der Waals surface area contributed by atoms with Gasteiger partial charge in [-0.15, -0.1) is 0 Å². The molecule has 1 fully saturated rings. The fourth-order valence-corrected chi connectivity index (χ4v) is 3.08. The lowest BCUT2D eigenvalue weighted by molar-refractivity contribution is -0.122. The van der Waals surface area contributed by atoms with E-state index in [0.29, 0.717) is 6.42 Å². The van der Waals surface area contributed by atoms with Crippen molar-refractivity contribution in [1.29, 1.82) is 0 Å². The number of nitrogens with one attached hydrogen (secondary N) is 2. The van der Waals surface area contributed by atoms with E-state index in [0.717, 1.165) is 6.07 Å². The zero-order valence-electron chi connectivity index (χ0n) is 10.0. The molecule has 1 heterocycles. The van der Waals surface area contributed by atoms with Gasteiger partial charge in [-0.25, -0.2) is 17.5 Å². The fourth-order valence-electron chi connectivity index (χ4n) is 1.80. The van der Waals surface area contributed by atoms with E-state index in [1.54, 1.807) is 0 Å². The first-order chi connectivity index (χ1) is 8.88. The molecule has 6 nitrogen and oxygen atoms in total. The van der Waals surface area contributed by atoms with Gasteiger partial charge in [0.15, 0.2) is 0 Å². The molecule has 1 aromatic rings. The van der Waals surface area contributed by atoms with Crippen molar-refractivity contribution in [2.75, 3.05) is 12.3 Å². The van der Waals surface area contributed by atoms with Gasteiger partial charge in [0.2, 0.25) is 15.9 Å². The molecule has 19 heavy (non-hydrogen) atoms. The number of halogens is 1. The first kappa shape index (κ1) is 13.8. The third-order valence-corrected chi connectivity index (χ3v) is 4.39. The van der Waals surface area contributed by atoms with Crippen molar-refractivity contribution in [3.8, 4) is 0 Å². The van der Waals surface area contributed by atoms with Crippen molar-refractivity contribution in [2.45, 2.75) is 23.8 Å². The van der Waals surface area contributed by atoms with Crippen LogP contribution in [0.15, 0.2) is 23.1 Å². The van der Waals surface area contributed by atoms with Crippen molar-refractivity contribution in [3.05, 3.63) is 24.0 Å². The Morgan fingerprint density at radius 1 is 1.42 bits per heavy atom. The van der Waals surface area contributed by atoms with Gasteiger partial charge in [0.05, 0.1) is 10.6 Å². The molecule has 0 aliphatic carbocycles. The smallest absolute Gasteiger partial charge is 0.240 e. The summed E-state index contributed by atoms with van der Waals surface area (Å²) in [6.07, 6.45) is 0.686. The normalized spacial score (nSPS) is 20.1. The van der Waals surface area contributed by atoms with Gasteiger partial charge in [0, 0.05) is 19.0 Å². The number of carbonyl (C=O) groups excluding carboxylic acids is 1. The van der Waals surface area contributed by atoms with Crippen LogP contribution in [0.25, 0.3) is 0 Å². The standard InChI is InChI=1S/C11H14FN3O3S/c12-9-5-8(2-3-10(9)13)19(17,18)15-7-1-4-11(16)14-6-7/h2-3,5,7,15H,1,4,6,13H2,(H,14,16). The predicted octanol–water partition coefficient (Wildman–Crippen LogP) is -0.0352. The molecule has 2 rings (SSSR count). The van der Waals surface area contributed by atoms with Crippen molar-refractivity contribution >= 4 is 21.6 Å². The third kappa shape index (κ3) is 3.21. The number of benzene rings is 1. The van der Waals surface area contributed by atoms with Crippen LogP contribution in [0.3, 0.4) is 0 Å². The number of hydrogen-bond acceptors (Lipinski definition) is 4. The summed E-state index contributed by atoms with van der Waals surface area (Å²) in [4.78, 5) is 10.8. The zero-order valence-corrected chi connectivity index (χ0v) is 10.8. The highest BCUT2D eigenvalue weighted by molar-refractivity contribution is 7.89. The average molecular weight is 287 g/mol. The minimum Gasteiger partial charge on any atom is -0.396 e. The van der Waals surface area contributed by atoms with Crippen LogP contribution in [0.2, 0.25) is 0 Å². The van der Waals surface area contributed by atoms with Gasteiger partial charge in [-0.1, -0.05) is 0 Å². The van der Waals surface area contributed by atoms with Crippen LogP contribution in [0, 0.1) is 5.82 Å². The molecule has 1 unspecified atom stereocenters. The Bertz CT molecular complexity index is 593. The summed E-state index contributed by atoms with van der Waals surface area (Å²) in [7, 11) is -3.81. The Morgan fingerprint density at radius 2 is 2.16 bits per heavy atom. The molecule has 8 heteroatoms. The largest absolute Gasteiger partial charge is 0.396 e. The molecule has 0 bridgehead atoms. The van der Waals surface area contributed by atoms with Gasteiger partial charge in [-0.3, -0.25) is 4.79 Å². The number of nitrogens with two attached hydrogens (primary N) is 1. The number of piperidine rings is 1. The second-order valence-electron chi connectivity index (χ2n) is 4.34. The van der Waals surface area contributed by atoms with Crippen LogP contribution in [0.5, 0.6) is 0 Å². The van der Waals surface area contributed by atoms with E-state index < -0.39 is 15.8 Å². The van der Waals surface area contributed by atoms with Crippen molar-refractivity contribution < 1.29 is 17.6 Å². The molecule has 1 amide bonds. The molecular weight excluding hydrogens is 273 g/mol. The van der Waals surface area contributed by atoms with E-state index in [1.165, 1.54) is 12.1 Å². The van der Waals surface area contributed by atoms with Gasteiger partial charge in [-0.05, 0) is 24.6 Å². The highest BCUT2D eigenvalue weighted by atomic mass is 32.2. The summed E-state index contributed by atoms with van der Waals surface area (Å²) >= 11 is 0.